The molecule has 1 nitrogen and oxygen atoms in total. The van der Waals surface area contributed by atoms with Gasteiger partial charge in [-0.25, -0.2) is 4.39 Å². The molecule has 0 aromatic heterocycles. The van der Waals surface area contributed by atoms with Crippen molar-refractivity contribution in [3.8, 4) is 5.75 Å². The van der Waals surface area contributed by atoms with E-state index < -0.39 is 0 Å². The van der Waals surface area contributed by atoms with Gasteiger partial charge in [-0.1, -0.05) is 53.2 Å². The van der Waals surface area contributed by atoms with Gasteiger partial charge in [-0.3, -0.25) is 0 Å². The van der Waals surface area contributed by atoms with Crippen LogP contribution in [0.2, 0.25) is 0 Å². The summed E-state index contributed by atoms with van der Waals surface area (Å²) < 4.78 is 19.2. The summed E-state index contributed by atoms with van der Waals surface area (Å²) in [4.78, 5) is 0.308. The first kappa shape index (κ1) is 14.6. The molecule has 0 saturated carbocycles. The normalized spacial score (nSPS) is 19.7. The smallest absolute Gasteiger partial charge is 0.123 e. The van der Waals surface area contributed by atoms with Crippen LogP contribution in [-0.2, 0) is 6.42 Å². The fourth-order valence-electron chi connectivity index (χ4n) is 2.92. The fraction of sp³-hybridized carbons (Fsp3) is 0.333. The molecule has 1 aliphatic rings. The van der Waals surface area contributed by atoms with Crippen LogP contribution in [-0.4, -0.2) is 6.10 Å². The maximum Gasteiger partial charge on any atom is 0.123 e. The molecule has 110 valence electrons. The lowest BCUT2D eigenvalue weighted by atomic mass is 9.94. The molecule has 0 fully saturated rings. The molecule has 2 aromatic rings. The highest BCUT2D eigenvalue weighted by Gasteiger charge is 2.27. The van der Waals surface area contributed by atoms with Crippen molar-refractivity contribution in [2.24, 2.45) is 5.92 Å². The van der Waals surface area contributed by atoms with E-state index in [1.807, 2.05) is 6.07 Å². The molecule has 3 heteroatoms. The van der Waals surface area contributed by atoms with Crippen LogP contribution in [0.5, 0.6) is 5.75 Å². The summed E-state index contributed by atoms with van der Waals surface area (Å²) in [7, 11) is 0. The van der Waals surface area contributed by atoms with E-state index in [2.05, 4.69) is 47.1 Å². The van der Waals surface area contributed by atoms with Gasteiger partial charge in [-0.05, 0) is 36.1 Å². The first-order chi connectivity index (χ1) is 10.1. The van der Waals surface area contributed by atoms with E-state index in [9.17, 15) is 4.39 Å². The summed E-state index contributed by atoms with van der Waals surface area (Å²) in [6.07, 6.45) is 1.88. The van der Waals surface area contributed by atoms with E-state index in [4.69, 9.17) is 4.74 Å². The van der Waals surface area contributed by atoms with Crippen molar-refractivity contribution in [3.05, 3.63) is 65.5 Å². The molecule has 3 atom stereocenters. The molecule has 1 aliphatic heterocycles. The van der Waals surface area contributed by atoms with Crippen LogP contribution in [0, 0.1) is 11.7 Å². The van der Waals surface area contributed by atoms with E-state index in [0.29, 0.717) is 10.7 Å². The van der Waals surface area contributed by atoms with E-state index >= 15 is 0 Å². The highest BCUT2D eigenvalue weighted by molar-refractivity contribution is 9.09. The van der Waals surface area contributed by atoms with E-state index in [1.54, 1.807) is 12.1 Å². The zero-order valence-corrected chi connectivity index (χ0v) is 13.5. The van der Waals surface area contributed by atoms with Crippen molar-refractivity contribution in [1.29, 1.82) is 0 Å². The van der Waals surface area contributed by atoms with Crippen molar-refractivity contribution in [2.45, 2.75) is 30.7 Å². The zero-order chi connectivity index (χ0) is 14.8. The minimum absolute atomic E-state index is 0.139. The molecule has 0 radical (unpaired) electrons. The molecule has 0 N–H and O–H groups in total. The van der Waals surface area contributed by atoms with Gasteiger partial charge >= 0.3 is 0 Å². The number of rotatable bonds is 4. The van der Waals surface area contributed by atoms with Crippen molar-refractivity contribution >= 4 is 15.9 Å². The fourth-order valence-corrected chi connectivity index (χ4v) is 3.44. The Kier molecular flexibility index (Phi) is 4.29. The van der Waals surface area contributed by atoms with Gasteiger partial charge in [0, 0.05) is 16.8 Å². The summed E-state index contributed by atoms with van der Waals surface area (Å²) in [6.45, 7) is 2.22. The monoisotopic (exact) mass is 348 g/mol. The number of halogens is 2. The SMILES string of the molecule is CC(CC1Cc2cc(F)ccc2O1)C(Br)c1ccccc1. The third kappa shape index (κ3) is 3.29. The average Bonchev–Trinajstić information content (AvgIpc) is 2.88. The van der Waals surface area contributed by atoms with Gasteiger partial charge in [-0.15, -0.1) is 0 Å². The van der Waals surface area contributed by atoms with Gasteiger partial charge in [0.05, 0.1) is 0 Å². The number of hydrogen-bond acceptors (Lipinski definition) is 1. The Balaban J connectivity index is 1.63. The number of fused-ring (bicyclic) bond motifs is 1. The van der Waals surface area contributed by atoms with Crippen LogP contribution in [0.3, 0.4) is 0 Å². The third-order valence-corrected chi connectivity index (χ3v) is 5.45. The second-order valence-electron chi connectivity index (χ2n) is 5.72. The summed E-state index contributed by atoms with van der Waals surface area (Å²) in [5.41, 5.74) is 2.27. The first-order valence-corrected chi connectivity index (χ1v) is 8.19. The predicted molar refractivity (Wildman–Crippen MR) is 86.4 cm³/mol. The molecule has 3 rings (SSSR count). The first-order valence-electron chi connectivity index (χ1n) is 7.27. The largest absolute Gasteiger partial charge is 0.490 e. The van der Waals surface area contributed by atoms with Crippen LogP contribution >= 0.6 is 15.9 Å². The van der Waals surface area contributed by atoms with Gasteiger partial charge in [0.25, 0.3) is 0 Å². The Hall–Kier alpha value is -1.35. The Morgan fingerprint density at radius 2 is 2.00 bits per heavy atom. The highest BCUT2D eigenvalue weighted by Crippen LogP contribution is 2.37. The molecule has 0 spiro atoms. The Labute approximate surface area is 133 Å². The molecule has 0 bridgehead atoms. The van der Waals surface area contributed by atoms with Crippen LogP contribution in [0.15, 0.2) is 48.5 Å². The molecular formula is C18H18BrFO. The van der Waals surface area contributed by atoms with E-state index in [-0.39, 0.29) is 11.9 Å². The van der Waals surface area contributed by atoms with Crippen molar-refractivity contribution in [1.82, 2.24) is 0 Å². The minimum atomic E-state index is -0.186. The third-order valence-electron chi connectivity index (χ3n) is 4.02. The van der Waals surface area contributed by atoms with Gasteiger partial charge < -0.3 is 4.74 Å². The molecular weight excluding hydrogens is 331 g/mol. The zero-order valence-electron chi connectivity index (χ0n) is 11.9. The molecule has 0 aliphatic carbocycles. The average molecular weight is 349 g/mol. The Bertz CT molecular complexity index is 614. The summed E-state index contributed by atoms with van der Waals surface area (Å²) in [5, 5.41) is 0. The topological polar surface area (TPSA) is 9.23 Å². The number of hydrogen-bond donors (Lipinski definition) is 0. The van der Waals surface area contributed by atoms with Crippen molar-refractivity contribution in [2.75, 3.05) is 0 Å². The lowest BCUT2D eigenvalue weighted by molar-refractivity contribution is 0.197. The predicted octanol–water partition coefficient (Wildman–Crippen LogP) is 5.29. The van der Waals surface area contributed by atoms with Crippen LogP contribution in [0.25, 0.3) is 0 Å². The standard InChI is InChI=1S/C18H18BrFO/c1-12(18(19)13-5-3-2-4-6-13)9-16-11-14-10-15(20)7-8-17(14)21-16/h2-8,10,12,16,18H,9,11H2,1H3. The molecule has 1 heterocycles. The Morgan fingerprint density at radius 3 is 2.76 bits per heavy atom. The molecule has 21 heavy (non-hydrogen) atoms. The minimum Gasteiger partial charge on any atom is -0.490 e. The second kappa shape index (κ2) is 6.18. The van der Waals surface area contributed by atoms with E-state index in [0.717, 1.165) is 24.2 Å². The maximum absolute atomic E-state index is 13.2. The summed E-state index contributed by atoms with van der Waals surface area (Å²) in [5.74, 6) is 1.09. The molecule has 3 unspecified atom stereocenters. The lowest BCUT2D eigenvalue weighted by Crippen LogP contribution is -2.19. The lowest BCUT2D eigenvalue weighted by Gasteiger charge is -2.22. The van der Waals surface area contributed by atoms with Gasteiger partial charge in [0.15, 0.2) is 0 Å². The van der Waals surface area contributed by atoms with Crippen LogP contribution < -0.4 is 4.74 Å². The highest BCUT2D eigenvalue weighted by atomic mass is 79.9. The van der Waals surface area contributed by atoms with Gasteiger partial charge in [0.1, 0.15) is 17.7 Å². The number of ether oxygens (including phenoxy) is 1. The number of benzene rings is 2. The van der Waals surface area contributed by atoms with Gasteiger partial charge in [-0.2, -0.15) is 0 Å². The van der Waals surface area contributed by atoms with Gasteiger partial charge in [0.2, 0.25) is 0 Å². The second-order valence-corrected chi connectivity index (χ2v) is 6.71. The van der Waals surface area contributed by atoms with Crippen molar-refractivity contribution in [3.63, 3.8) is 0 Å². The van der Waals surface area contributed by atoms with Crippen molar-refractivity contribution < 1.29 is 9.13 Å². The van der Waals surface area contributed by atoms with Crippen LogP contribution in [0.4, 0.5) is 4.39 Å². The van der Waals surface area contributed by atoms with Crippen LogP contribution in [0.1, 0.15) is 29.3 Å². The summed E-state index contributed by atoms with van der Waals surface area (Å²) >= 11 is 3.79. The quantitative estimate of drug-likeness (QED) is 0.682. The molecule has 2 aromatic carbocycles. The van der Waals surface area contributed by atoms with E-state index in [1.165, 1.54) is 11.6 Å². The molecule has 0 saturated heterocycles. The number of alkyl halides is 1. The summed E-state index contributed by atoms with van der Waals surface area (Å²) in [6, 6.07) is 15.2. The molecule has 0 amide bonds. The Morgan fingerprint density at radius 1 is 1.24 bits per heavy atom. The maximum atomic E-state index is 13.2.